The fraction of sp³-hybridized carbons (Fsp3) is 0.129. The molecular formula is C70H69Au4BF4P4. The van der Waals surface area contributed by atoms with Gasteiger partial charge in [0.25, 0.3) is 0 Å². The maximum Gasteiger partial charge on any atom is 0.673 e. The van der Waals surface area contributed by atoms with Gasteiger partial charge in [-0.25, -0.2) is 0 Å². The zero-order valence-corrected chi connectivity index (χ0v) is 58.4. The van der Waals surface area contributed by atoms with Crippen molar-refractivity contribution in [1.82, 2.24) is 0 Å². The van der Waals surface area contributed by atoms with Crippen LogP contribution in [0.25, 0.3) is 0 Å². The fourth-order valence-corrected chi connectivity index (χ4v) is 18.9. The van der Waals surface area contributed by atoms with E-state index in [9.17, 15) is 17.3 Å². The minimum absolute atomic E-state index is 0. The molecule has 83 heavy (non-hydrogen) atoms. The van der Waals surface area contributed by atoms with Crippen LogP contribution in [-0.4, -0.2) is 31.9 Å². The van der Waals surface area contributed by atoms with E-state index >= 15 is 0 Å². The van der Waals surface area contributed by atoms with Gasteiger partial charge in [-0.1, -0.05) is 291 Å². The van der Waals surface area contributed by atoms with E-state index in [2.05, 4.69) is 298 Å². The van der Waals surface area contributed by atoms with Crippen LogP contribution >= 0.6 is 31.7 Å². The Morgan fingerprint density at radius 1 is 0.229 bits per heavy atom. The summed E-state index contributed by atoms with van der Waals surface area (Å²) in [6, 6.07) is 107. The van der Waals surface area contributed by atoms with Crippen molar-refractivity contribution in [2.24, 2.45) is 0 Å². The predicted molar refractivity (Wildman–Crippen MR) is 345 cm³/mol. The third-order valence-electron chi connectivity index (χ3n) is 13.2. The summed E-state index contributed by atoms with van der Waals surface area (Å²) in [4.78, 5) is 0. The van der Waals surface area contributed by atoms with Crippen LogP contribution in [0.3, 0.4) is 0 Å². The minimum Gasteiger partial charge on any atom is -0.418 e. The smallest absolute Gasteiger partial charge is 0.418 e. The number of benzene rings is 10. The molecule has 10 rings (SSSR count). The summed E-state index contributed by atoms with van der Waals surface area (Å²) in [6.07, 6.45) is 9.14. The molecule has 0 fully saturated rings. The van der Waals surface area contributed by atoms with Crippen molar-refractivity contribution in [2.75, 3.05) is 24.6 Å². The van der Waals surface area contributed by atoms with Gasteiger partial charge in [-0.05, 0) is 147 Å². The van der Waals surface area contributed by atoms with E-state index in [0.717, 1.165) is 25.7 Å². The molecule has 0 atom stereocenters. The van der Waals surface area contributed by atoms with Crippen molar-refractivity contribution < 1.29 is 107 Å². The van der Waals surface area contributed by atoms with Gasteiger partial charge in [0.15, 0.2) is 0 Å². The van der Waals surface area contributed by atoms with Gasteiger partial charge in [-0.15, -0.1) is 0 Å². The number of hydrogen-bond acceptors (Lipinski definition) is 0. The molecule has 0 nitrogen and oxygen atoms in total. The fourth-order valence-electron chi connectivity index (χ4n) is 9.51. The maximum atomic E-state index is 9.75. The second-order valence-corrected chi connectivity index (χ2v) is 27.7. The molecule has 0 heterocycles. The van der Waals surface area contributed by atoms with Gasteiger partial charge in [0, 0.05) is 89.5 Å². The van der Waals surface area contributed by atoms with Crippen LogP contribution in [-0.2, 0) is 115 Å². The van der Waals surface area contributed by atoms with Crippen LogP contribution in [0.5, 0.6) is 0 Å². The summed E-state index contributed by atoms with van der Waals surface area (Å²) in [5.74, 6) is 0. The van der Waals surface area contributed by atoms with Crippen molar-refractivity contribution in [3.8, 4) is 0 Å². The number of halogens is 4. The third-order valence-corrected chi connectivity index (χ3v) is 23.3. The van der Waals surface area contributed by atoms with E-state index in [-0.39, 0.29) is 121 Å². The van der Waals surface area contributed by atoms with E-state index in [1.165, 1.54) is 89.3 Å². The third kappa shape index (κ3) is 25.4. The van der Waals surface area contributed by atoms with E-state index < -0.39 is 7.25 Å². The predicted octanol–water partition coefficient (Wildman–Crippen LogP) is 16.2. The van der Waals surface area contributed by atoms with Crippen LogP contribution in [0, 0.1) is 6.92 Å². The summed E-state index contributed by atoms with van der Waals surface area (Å²) < 4.78 is 39.0. The van der Waals surface area contributed by atoms with Crippen molar-refractivity contribution in [1.29, 1.82) is 0 Å². The van der Waals surface area contributed by atoms with Gasteiger partial charge in [-0.3, -0.25) is 0 Å². The van der Waals surface area contributed by atoms with Crippen LogP contribution in [0.1, 0.15) is 29.2 Å². The van der Waals surface area contributed by atoms with Crippen LogP contribution in [0.2, 0.25) is 0 Å². The zero-order chi connectivity index (χ0) is 55.3. The topological polar surface area (TPSA) is 0 Å². The molecule has 0 N–H and O–H groups in total. The van der Waals surface area contributed by atoms with E-state index in [4.69, 9.17) is 0 Å². The van der Waals surface area contributed by atoms with Crippen LogP contribution < -0.4 is 42.4 Å². The average molecular weight is 1910 g/mol. The quantitative estimate of drug-likeness (QED) is 0.0309. The molecule has 444 valence electrons. The molecule has 0 saturated carbocycles. The molecule has 0 amide bonds. The maximum absolute atomic E-state index is 9.75. The molecule has 0 bridgehead atoms. The van der Waals surface area contributed by atoms with E-state index in [1.807, 2.05) is 0 Å². The van der Waals surface area contributed by atoms with Gasteiger partial charge in [0.1, 0.15) is 0 Å². The molecule has 0 spiro atoms. The molecule has 0 aliphatic carbocycles. The molecule has 0 saturated heterocycles. The Kier molecular flexibility index (Phi) is 37.0. The summed E-state index contributed by atoms with van der Waals surface area (Å²) >= 11 is 0. The monoisotopic (exact) mass is 1910 g/mol. The van der Waals surface area contributed by atoms with Crippen molar-refractivity contribution in [3.05, 3.63) is 320 Å². The summed E-state index contributed by atoms with van der Waals surface area (Å²) in [5, 5.41) is 11.7. The molecular weight excluding hydrogens is 1840 g/mol. The Morgan fingerprint density at radius 2 is 0.337 bits per heavy atom. The van der Waals surface area contributed by atoms with E-state index in [0.29, 0.717) is 0 Å². The SMILES string of the molecule is F[B-](F)(F)F.[Au].[Au].[Au].[Au].[CH2+]C.c1ccc(P(CCc2ccccc2CCP(c2ccccc2)c2ccccc2)c2ccccc2)cc1.c1ccc(P(CCc2ccccc2CCP(c2ccccc2)c2ccccc2)c2ccccc2)cc1. The molecule has 0 aromatic heterocycles. The molecule has 4 radical (unpaired) electrons. The first-order chi connectivity index (χ1) is 38.8. The number of aryl methyl sites for hydroxylation is 4. The second kappa shape index (κ2) is 41.6. The van der Waals surface area contributed by atoms with Gasteiger partial charge in [0.05, 0.1) is 13.8 Å². The summed E-state index contributed by atoms with van der Waals surface area (Å²) in [5.41, 5.74) is 6.03. The van der Waals surface area contributed by atoms with Gasteiger partial charge >= 0.3 is 7.25 Å². The zero-order valence-electron chi connectivity index (χ0n) is 46.2. The molecule has 0 unspecified atom stereocenters. The largest absolute Gasteiger partial charge is 0.673 e. The minimum atomic E-state index is -6.00. The van der Waals surface area contributed by atoms with E-state index in [1.54, 1.807) is 6.92 Å². The first kappa shape index (κ1) is 73.8. The Bertz CT molecular complexity index is 2630. The normalized spacial score (nSPS) is 10.5. The Morgan fingerprint density at radius 3 is 0.458 bits per heavy atom. The second-order valence-electron chi connectivity index (χ2n) is 18.3. The van der Waals surface area contributed by atoms with Gasteiger partial charge in [0.2, 0.25) is 0 Å². The molecule has 0 aliphatic heterocycles. The van der Waals surface area contributed by atoms with Crippen molar-refractivity contribution in [3.63, 3.8) is 0 Å². The molecule has 13 heteroatoms. The number of rotatable bonds is 20. The molecule has 10 aromatic carbocycles. The summed E-state index contributed by atoms with van der Waals surface area (Å²) in [7, 11) is -7.51. The number of hydrogen-bond donors (Lipinski definition) is 0. The Labute approximate surface area is 560 Å². The molecule has 0 aliphatic rings. The van der Waals surface area contributed by atoms with Crippen molar-refractivity contribution >= 4 is 81.4 Å². The summed E-state index contributed by atoms with van der Waals surface area (Å²) in [6.45, 7) is 5.00. The van der Waals surface area contributed by atoms with Gasteiger partial charge in [-0.2, -0.15) is 0 Å². The average Bonchev–Trinajstić information content (AvgIpc) is 3.56. The first-order valence-electron chi connectivity index (χ1n) is 27.0. The first-order valence-corrected chi connectivity index (χ1v) is 33.1. The molecule has 10 aromatic rings. The van der Waals surface area contributed by atoms with Gasteiger partial charge < -0.3 is 17.3 Å². The van der Waals surface area contributed by atoms with Crippen molar-refractivity contribution in [2.45, 2.75) is 32.6 Å². The van der Waals surface area contributed by atoms with Crippen LogP contribution in [0.15, 0.2) is 291 Å². The standard InChI is InChI=1S/2C34H32P2.C2H5.4Au.BF4/c2*1-5-17-31(18-6-1)35(32-19-7-2-8-20-32)27-25-29-15-13-14-16-30(29)26-28-36(33-21-9-3-10-22-33)34-23-11-4-12-24-34;1-2;;;;;2-1(3,4)5/h2*1-24H,25-28H2;1H2,2H3;;;;;/q;;+1;;;;;-1. The Hall–Kier alpha value is -3.46. The van der Waals surface area contributed by atoms with Crippen LogP contribution in [0.4, 0.5) is 17.3 Å². The Balaban J connectivity index is 0.000000375.